The molecule has 1 fully saturated rings. The van der Waals surface area contributed by atoms with Crippen LogP contribution >= 0.6 is 0 Å². The van der Waals surface area contributed by atoms with Gasteiger partial charge in [0.25, 0.3) is 0 Å². The molecule has 78 valence electrons. The van der Waals surface area contributed by atoms with E-state index in [-0.39, 0.29) is 5.41 Å². The van der Waals surface area contributed by atoms with Gasteiger partial charge in [-0.05, 0) is 38.0 Å². The third-order valence-corrected chi connectivity index (χ3v) is 3.47. The third-order valence-electron chi connectivity index (χ3n) is 3.47. The second-order valence-corrected chi connectivity index (χ2v) is 5.25. The first-order valence-electron chi connectivity index (χ1n) is 5.40. The van der Waals surface area contributed by atoms with Gasteiger partial charge in [-0.25, -0.2) is 0 Å². The van der Waals surface area contributed by atoms with Crippen LogP contribution in [-0.4, -0.2) is 6.29 Å². The zero-order chi connectivity index (χ0) is 10.7. The monoisotopic (exact) mass is 192 g/mol. The van der Waals surface area contributed by atoms with Crippen LogP contribution in [0.5, 0.6) is 0 Å². The van der Waals surface area contributed by atoms with E-state index in [4.69, 9.17) is 0 Å². The first-order valence-corrected chi connectivity index (χ1v) is 5.40. The predicted octanol–water partition coefficient (Wildman–Crippen LogP) is 3.19. The summed E-state index contributed by atoms with van der Waals surface area (Å²) in [5.74, 6) is 5.94. The molecule has 0 radical (unpaired) electrons. The number of carbonyl (C=O) groups is 1. The van der Waals surface area contributed by atoms with E-state index in [9.17, 15) is 4.79 Å². The van der Waals surface area contributed by atoms with Crippen molar-refractivity contribution >= 4 is 6.29 Å². The standard InChI is InChI=1S/C13H20O/c1-4-5-6-13(11-14)9-7-12(2,3)8-10-13/h11H,6-10H2,1-3H3. The molecule has 0 heterocycles. The molecule has 1 heteroatoms. The fraction of sp³-hybridized carbons (Fsp3) is 0.769. The molecule has 1 nitrogen and oxygen atoms in total. The van der Waals surface area contributed by atoms with E-state index in [1.807, 2.05) is 6.92 Å². The number of rotatable bonds is 2. The Labute approximate surface area is 87.3 Å². The molecule has 0 unspecified atom stereocenters. The van der Waals surface area contributed by atoms with Crippen LogP contribution in [0.15, 0.2) is 0 Å². The number of aldehydes is 1. The fourth-order valence-electron chi connectivity index (χ4n) is 2.03. The highest BCUT2D eigenvalue weighted by atomic mass is 16.1. The lowest BCUT2D eigenvalue weighted by molar-refractivity contribution is -0.118. The molecular weight excluding hydrogens is 172 g/mol. The Balaban J connectivity index is 2.64. The van der Waals surface area contributed by atoms with E-state index in [1.165, 1.54) is 0 Å². The molecule has 0 bridgehead atoms. The number of hydrogen-bond donors (Lipinski definition) is 0. The van der Waals surface area contributed by atoms with Crippen LogP contribution in [0.3, 0.4) is 0 Å². The number of hydrogen-bond acceptors (Lipinski definition) is 1. The van der Waals surface area contributed by atoms with Crippen molar-refractivity contribution in [1.29, 1.82) is 0 Å². The highest BCUT2D eigenvalue weighted by molar-refractivity contribution is 5.60. The van der Waals surface area contributed by atoms with Crippen molar-refractivity contribution in [3.8, 4) is 11.8 Å². The zero-order valence-electron chi connectivity index (χ0n) is 9.52. The average molecular weight is 192 g/mol. The van der Waals surface area contributed by atoms with Gasteiger partial charge in [-0.15, -0.1) is 11.8 Å². The Hall–Kier alpha value is -0.770. The Morgan fingerprint density at radius 1 is 1.21 bits per heavy atom. The van der Waals surface area contributed by atoms with Gasteiger partial charge < -0.3 is 4.79 Å². The molecule has 1 aliphatic rings. The second kappa shape index (κ2) is 4.17. The van der Waals surface area contributed by atoms with Gasteiger partial charge in [0.05, 0.1) is 0 Å². The van der Waals surface area contributed by atoms with Crippen molar-refractivity contribution in [2.75, 3.05) is 0 Å². The quantitative estimate of drug-likeness (QED) is 0.485. The van der Waals surface area contributed by atoms with Crippen LogP contribution in [-0.2, 0) is 4.79 Å². The van der Waals surface area contributed by atoms with Crippen molar-refractivity contribution in [2.45, 2.75) is 52.9 Å². The van der Waals surface area contributed by atoms with E-state index in [0.29, 0.717) is 5.41 Å². The van der Waals surface area contributed by atoms with Crippen LogP contribution < -0.4 is 0 Å². The summed E-state index contributed by atoms with van der Waals surface area (Å²) >= 11 is 0. The predicted molar refractivity (Wildman–Crippen MR) is 58.8 cm³/mol. The van der Waals surface area contributed by atoms with Crippen molar-refractivity contribution in [1.82, 2.24) is 0 Å². The minimum absolute atomic E-state index is 0.126. The van der Waals surface area contributed by atoms with Gasteiger partial charge in [-0.2, -0.15) is 0 Å². The summed E-state index contributed by atoms with van der Waals surface area (Å²) in [6.45, 7) is 6.41. The topological polar surface area (TPSA) is 17.1 Å². The maximum atomic E-state index is 11.1. The summed E-state index contributed by atoms with van der Waals surface area (Å²) in [4.78, 5) is 11.1. The normalized spacial score (nSPS) is 23.4. The summed E-state index contributed by atoms with van der Waals surface area (Å²) in [7, 11) is 0. The maximum Gasteiger partial charge on any atom is 0.127 e. The van der Waals surface area contributed by atoms with Crippen LogP contribution in [0.4, 0.5) is 0 Å². The van der Waals surface area contributed by atoms with Gasteiger partial charge in [-0.3, -0.25) is 0 Å². The molecule has 0 aliphatic heterocycles. The first-order chi connectivity index (χ1) is 6.54. The molecule has 0 amide bonds. The molecule has 0 N–H and O–H groups in total. The van der Waals surface area contributed by atoms with Gasteiger partial charge in [0.1, 0.15) is 6.29 Å². The van der Waals surface area contributed by atoms with Crippen molar-refractivity contribution < 1.29 is 4.79 Å². The van der Waals surface area contributed by atoms with E-state index in [2.05, 4.69) is 25.7 Å². The van der Waals surface area contributed by atoms with E-state index < -0.39 is 0 Å². The minimum atomic E-state index is -0.126. The zero-order valence-corrected chi connectivity index (χ0v) is 9.52. The molecule has 0 spiro atoms. The van der Waals surface area contributed by atoms with Gasteiger partial charge in [0.15, 0.2) is 0 Å². The molecule has 0 saturated heterocycles. The molecule has 1 aliphatic carbocycles. The Morgan fingerprint density at radius 2 is 1.79 bits per heavy atom. The molecule has 14 heavy (non-hydrogen) atoms. The number of carbonyl (C=O) groups excluding carboxylic acids is 1. The molecular formula is C13H20O. The van der Waals surface area contributed by atoms with Crippen LogP contribution in [0, 0.1) is 22.7 Å². The summed E-state index contributed by atoms with van der Waals surface area (Å²) in [5.41, 5.74) is 0.296. The molecule has 1 saturated carbocycles. The fourth-order valence-corrected chi connectivity index (χ4v) is 2.03. The summed E-state index contributed by atoms with van der Waals surface area (Å²) < 4.78 is 0. The van der Waals surface area contributed by atoms with Crippen LogP contribution in [0.1, 0.15) is 52.9 Å². The van der Waals surface area contributed by atoms with Crippen molar-refractivity contribution in [3.63, 3.8) is 0 Å². The third kappa shape index (κ3) is 2.61. The lowest BCUT2D eigenvalue weighted by Gasteiger charge is -2.39. The highest BCUT2D eigenvalue weighted by Crippen LogP contribution is 2.45. The van der Waals surface area contributed by atoms with E-state index >= 15 is 0 Å². The van der Waals surface area contributed by atoms with Gasteiger partial charge in [0, 0.05) is 11.8 Å². The summed E-state index contributed by atoms with van der Waals surface area (Å²) in [6, 6.07) is 0. The summed E-state index contributed by atoms with van der Waals surface area (Å²) in [6.07, 6.45) is 6.22. The molecule has 0 aromatic rings. The van der Waals surface area contributed by atoms with Crippen molar-refractivity contribution in [2.24, 2.45) is 10.8 Å². The first kappa shape index (κ1) is 11.3. The molecule has 1 rings (SSSR count). The second-order valence-electron chi connectivity index (χ2n) is 5.25. The van der Waals surface area contributed by atoms with Gasteiger partial charge >= 0.3 is 0 Å². The van der Waals surface area contributed by atoms with E-state index in [0.717, 1.165) is 38.4 Å². The van der Waals surface area contributed by atoms with Crippen molar-refractivity contribution in [3.05, 3.63) is 0 Å². The Morgan fingerprint density at radius 3 is 2.21 bits per heavy atom. The van der Waals surface area contributed by atoms with Crippen LogP contribution in [0.25, 0.3) is 0 Å². The smallest absolute Gasteiger partial charge is 0.127 e. The average Bonchev–Trinajstić information content (AvgIpc) is 2.18. The van der Waals surface area contributed by atoms with Gasteiger partial charge in [0.2, 0.25) is 0 Å². The maximum absolute atomic E-state index is 11.1. The molecule has 0 aromatic heterocycles. The molecule has 0 atom stereocenters. The largest absolute Gasteiger partial charge is 0.303 e. The lowest BCUT2D eigenvalue weighted by atomic mass is 9.64. The van der Waals surface area contributed by atoms with Gasteiger partial charge in [-0.1, -0.05) is 13.8 Å². The Kier molecular flexibility index (Phi) is 3.37. The summed E-state index contributed by atoms with van der Waals surface area (Å²) in [5, 5.41) is 0. The van der Waals surface area contributed by atoms with Crippen LogP contribution in [0.2, 0.25) is 0 Å². The highest BCUT2D eigenvalue weighted by Gasteiger charge is 2.37. The SMILES string of the molecule is CC#CCC1(C=O)CCC(C)(C)CC1. The minimum Gasteiger partial charge on any atom is -0.303 e. The van der Waals surface area contributed by atoms with E-state index in [1.54, 1.807) is 0 Å². The molecule has 0 aromatic carbocycles. The Bertz CT molecular complexity index is 255. The lowest BCUT2D eigenvalue weighted by Crippen LogP contribution is -2.32.